The van der Waals surface area contributed by atoms with Crippen LogP contribution in [0, 0.1) is 17.2 Å². The van der Waals surface area contributed by atoms with E-state index in [1.807, 2.05) is 0 Å². The van der Waals surface area contributed by atoms with Gasteiger partial charge in [-0.25, -0.2) is 4.39 Å². The minimum Gasteiger partial charge on any atom is -0.481 e. The van der Waals surface area contributed by atoms with Crippen LogP contribution >= 0.6 is 11.6 Å². The largest absolute Gasteiger partial charge is 0.481 e. The van der Waals surface area contributed by atoms with E-state index in [0.717, 1.165) is 0 Å². The van der Waals surface area contributed by atoms with Crippen LogP contribution in [0.3, 0.4) is 0 Å². The molecule has 1 amide bonds. The van der Waals surface area contributed by atoms with Crippen LogP contribution < -0.4 is 5.32 Å². The van der Waals surface area contributed by atoms with E-state index in [0.29, 0.717) is 29.8 Å². The number of carbonyl (C=O) groups is 2. The molecule has 0 saturated heterocycles. The molecule has 0 aliphatic heterocycles. The number of carboxylic acids is 1. The molecule has 0 spiro atoms. The predicted molar refractivity (Wildman–Crippen MR) is 74.6 cm³/mol. The number of benzene rings is 1. The Morgan fingerprint density at radius 2 is 2.14 bits per heavy atom. The van der Waals surface area contributed by atoms with Crippen LogP contribution in [0.15, 0.2) is 18.2 Å². The van der Waals surface area contributed by atoms with Crippen molar-refractivity contribution in [1.82, 2.24) is 5.32 Å². The summed E-state index contributed by atoms with van der Waals surface area (Å²) in [5, 5.41) is 12.1. The fraction of sp³-hybridized carbons (Fsp3) is 0.467. The summed E-state index contributed by atoms with van der Waals surface area (Å²) >= 11 is 5.99. The second-order valence-corrected chi connectivity index (χ2v) is 6.29. The highest BCUT2D eigenvalue weighted by Crippen LogP contribution is 2.51. The van der Waals surface area contributed by atoms with Gasteiger partial charge in [0.05, 0.1) is 5.41 Å². The molecule has 0 aromatic heterocycles. The number of amides is 1. The molecule has 2 atom stereocenters. The quantitative estimate of drug-likeness (QED) is 0.878. The van der Waals surface area contributed by atoms with Gasteiger partial charge in [0.25, 0.3) is 0 Å². The van der Waals surface area contributed by atoms with Crippen LogP contribution in [0.1, 0.15) is 30.7 Å². The molecule has 3 rings (SSSR count). The third kappa shape index (κ3) is 2.62. The van der Waals surface area contributed by atoms with Gasteiger partial charge in [-0.15, -0.1) is 0 Å². The van der Waals surface area contributed by atoms with Gasteiger partial charge in [0.2, 0.25) is 5.91 Å². The maximum Gasteiger partial charge on any atom is 0.311 e. The lowest BCUT2D eigenvalue weighted by atomic mass is 10.1. The lowest BCUT2D eigenvalue weighted by Gasteiger charge is -2.11. The van der Waals surface area contributed by atoms with Gasteiger partial charge in [0, 0.05) is 29.0 Å². The number of aliphatic carboxylic acids is 1. The summed E-state index contributed by atoms with van der Waals surface area (Å²) < 4.78 is 13.8. The van der Waals surface area contributed by atoms with Gasteiger partial charge in [0.15, 0.2) is 0 Å². The number of nitrogens with one attached hydrogen (secondary N) is 1. The fourth-order valence-electron chi connectivity index (χ4n) is 2.67. The number of halogens is 2. The van der Waals surface area contributed by atoms with Crippen LogP contribution in [0.2, 0.25) is 5.02 Å². The summed E-state index contributed by atoms with van der Waals surface area (Å²) in [7, 11) is 0. The van der Waals surface area contributed by atoms with Gasteiger partial charge in [-0.2, -0.15) is 0 Å². The third-order valence-electron chi connectivity index (χ3n) is 4.41. The Kier molecular flexibility index (Phi) is 3.40. The summed E-state index contributed by atoms with van der Waals surface area (Å²) in [5.41, 5.74) is -0.394. The number of carbonyl (C=O) groups excluding carboxylic acids is 1. The Bertz CT molecular complexity index is 595. The molecule has 112 valence electrons. The highest BCUT2D eigenvalue weighted by Gasteiger charge is 2.52. The molecule has 2 fully saturated rings. The molecule has 2 aliphatic rings. The van der Waals surface area contributed by atoms with E-state index in [2.05, 4.69) is 5.32 Å². The number of rotatable bonds is 5. The highest BCUT2D eigenvalue weighted by molar-refractivity contribution is 6.31. The van der Waals surface area contributed by atoms with Crippen molar-refractivity contribution in [2.45, 2.75) is 25.2 Å². The first-order chi connectivity index (χ1) is 9.94. The molecule has 2 aliphatic carbocycles. The molecule has 6 heteroatoms. The lowest BCUT2D eigenvalue weighted by molar-refractivity contribution is -0.143. The van der Waals surface area contributed by atoms with Crippen molar-refractivity contribution < 1.29 is 19.1 Å². The van der Waals surface area contributed by atoms with E-state index in [-0.39, 0.29) is 24.3 Å². The summed E-state index contributed by atoms with van der Waals surface area (Å²) in [4.78, 5) is 23.1. The minimum absolute atomic E-state index is 0.148. The van der Waals surface area contributed by atoms with Crippen molar-refractivity contribution in [2.75, 3.05) is 6.54 Å². The minimum atomic E-state index is -0.868. The van der Waals surface area contributed by atoms with Crippen LogP contribution in [-0.2, 0) is 9.59 Å². The van der Waals surface area contributed by atoms with Gasteiger partial charge >= 0.3 is 5.97 Å². The first kappa shape index (κ1) is 14.3. The Morgan fingerprint density at radius 3 is 2.71 bits per heavy atom. The Balaban J connectivity index is 1.60. The summed E-state index contributed by atoms with van der Waals surface area (Å²) in [5.74, 6) is -2.01. The Labute approximate surface area is 126 Å². The zero-order valence-electron chi connectivity index (χ0n) is 11.2. The molecular weight excluding hydrogens is 297 g/mol. The monoisotopic (exact) mass is 311 g/mol. The van der Waals surface area contributed by atoms with Crippen LogP contribution in [0.4, 0.5) is 4.39 Å². The highest BCUT2D eigenvalue weighted by atomic mass is 35.5. The molecule has 0 radical (unpaired) electrons. The maximum atomic E-state index is 13.8. The van der Waals surface area contributed by atoms with E-state index in [9.17, 15) is 14.0 Å². The second-order valence-electron chi connectivity index (χ2n) is 5.89. The molecular formula is C15H15ClFNO3. The van der Waals surface area contributed by atoms with E-state index in [4.69, 9.17) is 16.7 Å². The van der Waals surface area contributed by atoms with Crippen molar-refractivity contribution in [3.63, 3.8) is 0 Å². The smallest absolute Gasteiger partial charge is 0.311 e. The summed E-state index contributed by atoms with van der Waals surface area (Å²) in [6, 6.07) is 4.47. The zero-order chi connectivity index (χ0) is 15.2. The third-order valence-corrected chi connectivity index (χ3v) is 4.74. The molecule has 1 aromatic carbocycles. The van der Waals surface area contributed by atoms with Crippen molar-refractivity contribution in [2.24, 2.45) is 11.3 Å². The van der Waals surface area contributed by atoms with E-state index in [1.165, 1.54) is 12.1 Å². The summed E-state index contributed by atoms with van der Waals surface area (Å²) in [6.45, 7) is 0.148. The van der Waals surface area contributed by atoms with Crippen molar-refractivity contribution >= 4 is 23.5 Å². The Hall–Kier alpha value is -1.62. The first-order valence-corrected chi connectivity index (χ1v) is 7.27. The number of hydrogen-bond acceptors (Lipinski definition) is 2. The standard InChI is InChI=1S/C15H15ClFNO3/c16-10-2-1-3-11(17)12(10)8-6-9(8)13(19)18-7-15(4-5-15)14(20)21/h1-3,8-9H,4-7H2,(H,18,19)(H,20,21). The fourth-order valence-corrected chi connectivity index (χ4v) is 2.98. The normalized spacial score (nSPS) is 25.2. The van der Waals surface area contributed by atoms with Crippen molar-refractivity contribution in [3.8, 4) is 0 Å². The molecule has 2 unspecified atom stereocenters. The van der Waals surface area contributed by atoms with Gasteiger partial charge in [-0.3, -0.25) is 9.59 Å². The average Bonchev–Trinajstić information content (AvgIpc) is 3.31. The van der Waals surface area contributed by atoms with E-state index < -0.39 is 17.2 Å². The van der Waals surface area contributed by atoms with Gasteiger partial charge in [0.1, 0.15) is 5.82 Å². The molecule has 4 nitrogen and oxygen atoms in total. The first-order valence-electron chi connectivity index (χ1n) is 6.90. The zero-order valence-corrected chi connectivity index (χ0v) is 12.0. The second kappa shape index (κ2) is 4.98. The molecule has 0 heterocycles. The van der Waals surface area contributed by atoms with Crippen LogP contribution in [0.5, 0.6) is 0 Å². The Morgan fingerprint density at radius 1 is 1.43 bits per heavy atom. The van der Waals surface area contributed by atoms with Crippen molar-refractivity contribution in [3.05, 3.63) is 34.6 Å². The predicted octanol–water partition coefficient (Wildman–Crippen LogP) is 2.56. The van der Waals surface area contributed by atoms with Gasteiger partial charge < -0.3 is 10.4 Å². The van der Waals surface area contributed by atoms with E-state index in [1.54, 1.807) is 6.07 Å². The summed E-state index contributed by atoms with van der Waals surface area (Å²) in [6.07, 6.45) is 1.73. The molecule has 0 bridgehead atoms. The molecule has 1 aromatic rings. The molecule has 21 heavy (non-hydrogen) atoms. The van der Waals surface area contributed by atoms with Crippen LogP contribution in [0.25, 0.3) is 0 Å². The van der Waals surface area contributed by atoms with Crippen molar-refractivity contribution in [1.29, 1.82) is 0 Å². The number of hydrogen-bond donors (Lipinski definition) is 2. The van der Waals surface area contributed by atoms with E-state index >= 15 is 0 Å². The number of carboxylic acid groups (broad SMARTS) is 1. The topological polar surface area (TPSA) is 66.4 Å². The maximum absolute atomic E-state index is 13.8. The SMILES string of the molecule is O=C(NCC1(C(=O)O)CC1)C1CC1c1c(F)cccc1Cl. The molecule has 2 saturated carbocycles. The average molecular weight is 312 g/mol. The van der Waals surface area contributed by atoms with Gasteiger partial charge in [-0.05, 0) is 31.4 Å². The lowest BCUT2D eigenvalue weighted by Crippen LogP contribution is -2.35. The van der Waals surface area contributed by atoms with Crippen LogP contribution in [-0.4, -0.2) is 23.5 Å². The van der Waals surface area contributed by atoms with Gasteiger partial charge in [-0.1, -0.05) is 17.7 Å². The molecule has 2 N–H and O–H groups in total.